The largest absolute Gasteiger partial charge is 0.224 e. The van der Waals surface area contributed by atoms with Crippen LogP contribution in [-0.4, -0.2) is 19.1 Å². The van der Waals surface area contributed by atoms with E-state index in [1.807, 2.05) is 0 Å². The van der Waals surface area contributed by atoms with E-state index >= 15 is 0 Å². The van der Waals surface area contributed by atoms with E-state index in [9.17, 15) is 0 Å². The first kappa shape index (κ1) is 5.67. The standard InChI is InChI=1S/C3H4N2.ClH/c1-2-5-3-4-1;/h1-2H2;1H. The van der Waals surface area contributed by atoms with Crippen molar-refractivity contribution in [1.82, 2.24) is 0 Å². The molecule has 1 aliphatic rings. The minimum atomic E-state index is 0. The number of rotatable bonds is 0. The molecule has 0 spiro atoms. The molecular weight excluding hydrogens is 99.5 g/mol. The van der Waals surface area contributed by atoms with Crippen LogP contribution in [0.25, 0.3) is 0 Å². The molecular formula is C3H5ClN2. The van der Waals surface area contributed by atoms with Gasteiger partial charge < -0.3 is 0 Å². The molecule has 34 valence electrons. The highest BCUT2D eigenvalue weighted by atomic mass is 35.5. The zero-order valence-electron chi connectivity index (χ0n) is 3.22. The number of hydrogen-bond acceptors (Lipinski definition) is 2. The van der Waals surface area contributed by atoms with Crippen molar-refractivity contribution in [3.8, 4) is 0 Å². The number of aliphatic imine (C=N–C) groups is 2. The van der Waals surface area contributed by atoms with E-state index in [4.69, 9.17) is 0 Å². The van der Waals surface area contributed by atoms with E-state index in [1.54, 1.807) is 0 Å². The molecule has 0 aromatic heterocycles. The Hall–Kier alpha value is -0.330. The molecule has 0 saturated heterocycles. The van der Waals surface area contributed by atoms with Crippen molar-refractivity contribution in [1.29, 1.82) is 0 Å². The second kappa shape index (κ2) is 2.88. The molecule has 0 unspecified atom stereocenters. The second-order valence-corrected chi connectivity index (χ2v) is 0.863. The van der Waals surface area contributed by atoms with E-state index in [0.29, 0.717) is 0 Å². The molecule has 0 bridgehead atoms. The van der Waals surface area contributed by atoms with Crippen LogP contribution in [0.3, 0.4) is 0 Å². The average Bonchev–Trinajstić information content (AvgIpc) is 1.76. The first-order valence-corrected chi connectivity index (χ1v) is 1.58. The van der Waals surface area contributed by atoms with Gasteiger partial charge in [-0.3, -0.25) is 0 Å². The van der Waals surface area contributed by atoms with Gasteiger partial charge in [0.05, 0.1) is 19.1 Å². The molecule has 6 heavy (non-hydrogen) atoms. The average molecular weight is 105 g/mol. The van der Waals surface area contributed by atoms with Crippen LogP contribution < -0.4 is 0 Å². The summed E-state index contributed by atoms with van der Waals surface area (Å²) in [6.45, 7) is 1.69. The van der Waals surface area contributed by atoms with Crippen molar-refractivity contribution in [2.45, 2.75) is 0 Å². The Kier molecular flexibility index (Phi) is 2.73. The molecule has 2 nitrogen and oxygen atoms in total. The van der Waals surface area contributed by atoms with Gasteiger partial charge in [-0.1, -0.05) is 0 Å². The fraction of sp³-hybridized carbons (Fsp3) is 0.667. The summed E-state index contributed by atoms with van der Waals surface area (Å²) in [5, 5.41) is 0. The van der Waals surface area contributed by atoms with Crippen LogP contribution in [-0.2, 0) is 0 Å². The van der Waals surface area contributed by atoms with Crippen molar-refractivity contribution in [3.05, 3.63) is 0 Å². The van der Waals surface area contributed by atoms with E-state index in [2.05, 4.69) is 16.0 Å². The van der Waals surface area contributed by atoms with Crippen LogP contribution in [0, 0.1) is 0 Å². The summed E-state index contributed by atoms with van der Waals surface area (Å²) in [7, 11) is 0. The van der Waals surface area contributed by atoms with Gasteiger partial charge >= 0.3 is 0 Å². The first-order chi connectivity index (χ1) is 2.50. The highest BCUT2D eigenvalue weighted by Gasteiger charge is 1.78. The van der Waals surface area contributed by atoms with Crippen LogP contribution in [0.15, 0.2) is 9.98 Å². The van der Waals surface area contributed by atoms with Crippen molar-refractivity contribution in [3.63, 3.8) is 0 Å². The fourth-order valence-corrected chi connectivity index (χ4v) is 0.250. The van der Waals surface area contributed by atoms with E-state index in [1.165, 1.54) is 0 Å². The van der Waals surface area contributed by atoms with Gasteiger partial charge in [-0.05, 0) is 0 Å². The summed E-state index contributed by atoms with van der Waals surface area (Å²) in [5.41, 5.74) is 0. The molecule has 1 heterocycles. The lowest BCUT2D eigenvalue weighted by molar-refractivity contribution is 1.04. The molecule has 0 N–H and O–H groups in total. The Balaban J connectivity index is 0.000000250. The predicted molar refractivity (Wildman–Crippen MR) is 26.8 cm³/mol. The zero-order chi connectivity index (χ0) is 3.54. The van der Waals surface area contributed by atoms with E-state index in [0.717, 1.165) is 13.1 Å². The second-order valence-electron chi connectivity index (χ2n) is 0.863. The maximum Gasteiger partial charge on any atom is 0.0893 e. The molecule has 0 atom stereocenters. The SMILES string of the molecule is C1=NCCN=1.Cl. The summed E-state index contributed by atoms with van der Waals surface area (Å²) in [5.74, 6) is 0. The Morgan fingerprint density at radius 2 is 1.67 bits per heavy atom. The van der Waals surface area contributed by atoms with Crippen LogP contribution in [0.5, 0.6) is 0 Å². The Bertz CT molecular complexity index is 74.8. The highest BCUT2D eigenvalue weighted by Crippen LogP contribution is 1.74. The van der Waals surface area contributed by atoms with Gasteiger partial charge in [-0.2, -0.15) is 0 Å². The summed E-state index contributed by atoms with van der Waals surface area (Å²) in [6, 6.07) is 2.47. The van der Waals surface area contributed by atoms with E-state index in [-0.39, 0.29) is 12.4 Å². The minimum absolute atomic E-state index is 0. The number of halogens is 1. The molecule has 0 aliphatic carbocycles. The van der Waals surface area contributed by atoms with Gasteiger partial charge in [-0.15, -0.1) is 12.4 Å². The predicted octanol–water partition coefficient (Wildman–Crippen LogP) is 0.596. The number of hydrogen-bond donors (Lipinski definition) is 0. The van der Waals surface area contributed by atoms with Gasteiger partial charge in [0.15, 0.2) is 0 Å². The first-order valence-electron chi connectivity index (χ1n) is 1.58. The monoisotopic (exact) mass is 104 g/mol. The molecule has 0 radical (unpaired) electrons. The lowest BCUT2D eigenvalue weighted by Gasteiger charge is -1.64. The van der Waals surface area contributed by atoms with Crippen molar-refractivity contribution < 1.29 is 0 Å². The van der Waals surface area contributed by atoms with Crippen molar-refractivity contribution >= 4 is 18.4 Å². The normalized spacial score (nSPS) is 14.7. The summed E-state index contributed by atoms with van der Waals surface area (Å²) in [6.07, 6.45) is 0. The van der Waals surface area contributed by atoms with Gasteiger partial charge in [0.1, 0.15) is 0 Å². The van der Waals surface area contributed by atoms with Gasteiger partial charge in [0.25, 0.3) is 0 Å². The van der Waals surface area contributed by atoms with Crippen molar-refractivity contribution in [2.75, 3.05) is 13.1 Å². The maximum absolute atomic E-state index is 3.67. The van der Waals surface area contributed by atoms with Crippen LogP contribution in [0.2, 0.25) is 0 Å². The molecule has 0 amide bonds. The lowest BCUT2D eigenvalue weighted by atomic mass is 10.7. The van der Waals surface area contributed by atoms with Crippen LogP contribution >= 0.6 is 12.4 Å². The third-order valence-corrected chi connectivity index (χ3v) is 0.465. The van der Waals surface area contributed by atoms with Gasteiger partial charge in [0.2, 0.25) is 0 Å². The summed E-state index contributed by atoms with van der Waals surface area (Å²) < 4.78 is 0. The fourth-order valence-electron chi connectivity index (χ4n) is 0.250. The molecule has 0 saturated carbocycles. The smallest absolute Gasteiger partial charge is 0.0893 e. The van der Waals surface area contributed by atoms with Gasteiger partial charge in [-0.25, -0.2) is 9.98 Å². The van der Waals surface area contributed by atoms with Crippen LogP contribution in [0.4, 0.5) is 0 Å². The maximum atomic E-state index is 3.67. The quantitative estimate of drug-likeness (QED) is 0.430. The summed E-state index contributed by atoms with van der Waals surface area (Å²) >= 11 is 0. The lowest BCUT2D eigenvalue weighted by Crippen LogP contribution is -1.73. The summed E-state index contributed by atoms with van der Waals surface area (Å²) in [4.78, 5) is 7.33. The molecule has 3 heteroatoms. The Morgan fingerprint density at radius 1 is 1.17 bits per heavy atom. The van der Waals surface area contributed by atoms with Crippen molar-refractivity contribution in [2.24, 2.45) is 9.98 Å². The Morgan fingerprint density at radius 3 is 1.83 bits per heavy atom. The Labute approximate surface area is 42.4 Å². The van der Waals surface area contributed by atoms with Gasteiger partial charge in [0, 0.05) is 0 Å². The highest BCUT2D eigenvalue weighted by molar-refractivity contribution is 5.85. The molecule has 1 rings (SSSR count). The third kappa shape index (κ3) is 1.20. The molecule has 0 aromatic carbocycles. The molecule has 0 fully saturated rings. The minimum Gasteiger partial charge on any atom is -0.224 e. The molecule has 0 aromatic rings. The van der Waals surface area contributed by atoms with E-state index < -0.39 is 0 Å². The number of nitrogens with zero attached hydrogens (tertiary/aromatic N) is 2. The zero-order valence-corrected chi connectivity index (χ0v) is 4.03. The third-order valence-electron chi connectivity index (χ3n) is 0.465. The topological polar surface area (TPSA) is 24.7 Å². The van der Waals surface area contributed by atoms with Crippen LogP contribution in [0.1, 0.15) is 0 Å². The molecule has 1 aliphatic heterocycles.